The Hall–Kier alpha value is -3.37. The first-order valence-electron chi connectivity index (χ1n) is 11.4. The summed E-state index contributed by atoms with van der Waals surface area (Å²) in [5.41, 5.74) is 0.175. The van der Waals surface area contributed by atoms with Crippen molar-refractivity contribution in [2.75, 3.05) is 26.2 Å². The molecule has 0 aliphatic carbocycles. The fourth-order valence-corrected chi connectivity index (χ4v) is 4.79. The van der Waals surface area contributed by atoms with Crippen LogP contribution >= 0.6 is 11.3 Å². The molecule has 4 aromatic rings. The Morgan fingerprint density at radius 3 is 2.56 bits per heavy atom. The number of rotatable bonds is 6. The van der Waals surface area contributed by atoms with Gasteiger partial charge in [-0.15, -0.1) is 11.3 Å². The Kier molecular flexibility index (Phi) is 6.25. The first kappa shape index (κ1) is 22.4. The van der Waals surface area contributed by atoms with Gasteiger partial charge in [-0.05, 0) is 23.4 Å². The van der Waals surface area contributed by atoms with Crippen molar-refractivity contribution in [1.82, 2.24) is 29.7 Å². The Morgan fingerprint density at radius 2 is 1.85 bits per heavy atom. The van der Waals surface area contributed by atoms with Gasteiger partial charge in [-0.1, -0.05) is 43.3 Å². The molecule has 0 unspecified atom stereocenters. The topological polar surface area (TPSA) is 97.4 Å². The molecule has 0 spiro atoms. The zero-order valence-electron chi connectivity index (χ0n) is 19.2. The summed E-state index contributed by atoms with van der Waals surface area (Å²) >= 11 is 1.57. The van der Waals surface area contributed by atoms with Crippen LogP contribution in [-0.2, 0) is 13.1 Å². The van der Waals surface area contributed by atoms with Gasteiger partial charge >= 0.3 is 0 Å². The summed E-state index contributed by atoms with van der Waals surface area (Å²) in [7, 11) is 0. The zero-order valence-corrected chi connectivity index (χ0v) is 20.0. The monoisotopic (exact) mass is 478 g/mol. The minimum atomic E-state index is -0.160. The number of hydrogen-bond donors (Lipinski definition) is 0. The van der Waals surface area contributed by atoms with Crippen molar-refractivity contribution in [1.29, 1.82) is 0 Å². The molecule has 1 saturated heterocycles. The average molecular weight is 479 g/mol. The van der Waals surface area contributed by atoms with Crippen LogP contribution < -0.4 is 5.56 Å². The number of hydrogen-bond acceptors (Lipinski definition) is 8. The molecule has 1 aliphatic rings. The van der Waals surface area contributed by atoms with E-state index in [9.17, 15) is 9.59 Å². The van der Waals surface area contributed by atoms with E-state index < -0.39 is 0 Å². The molecule has 1 aromatic carbocycles. The van der Waals surface area contributed by atoms with Crippen LogP contribution in [0.1, 0.15) is 30.2 Å². The molecule has 3 aromatic heterocycles. The summed E-state index contributed by atoms with van der Waals surface area (Å²) in [6, 6.07) is 11.1. The van der Waals surface area contributed by atoms with Crippen LogP contribution in [0.2, 0.25) is 0 Å². The van der Waals surface area contributed by atoms with Gasteiger partial charge in [-0.3, -0.25) is 14.5 Å². The molecule has 9 nitrogen and oxygen atoms in total. The molecular weight excluding hydrogens is 452 g/mol. The van der Waals surface area contributed by atoms with Crippen LogP contribution in [0, 0.1) is 5.92 Å². The van der Waals surface area contributed by atoms with Crippen molar-refractivity contribution >= 4 is 28.0 Å². The third-order valence-corrected chi connectivity index (χ3v) is 6.70. The Labute approximate surface area is 200 Å². The molecule has 34 heavy (non-hydrogen) atoms. The Balaban J connectivity index is 1.29. The molecule has 176 valence electrons. The van der Waals surface area contributed by atoms with E-state index in [1.165, 1.54) is 4.68 Å². The molecule has 0 saturated carbocycles. The fraction of sp³-hybridized carbons (Fsp3) is 0.375. The predicted octanol–water partition coefficient (Wildman–Crippen LogP) is 3.12. The molecule has 1 fully saturated rings. The third kappa shape index (κ3) is 4.51. The van der Waals surface area contributed by atoms with Gasteiger partial charge in [0.25, 0.3) is 11.5 Å². The Bertz CT molecular complexity index is 1350. The molecule has 0 radical (unpaired) electrons. The van der Waals surface area contributed by atoms with E-state index in [0.717, 1.165) is 4.88 Å². The number of carbonyl (C=O) groups is 1. The number of nitrogens with zero attached hydrogens (tertiary/aromatic N) is 6. The van der Waals surface area contributed by atoms with E-state index in [2.05, 4.69) is 20.1 Å². The lowest BCUT2D eigenvalue weighted by Crippen LogP contribution is -2.48. The maximum Gasteiger partial charge on any atom is 0.275 e. The largest absolute Gasteiger partial charge is 0.338 e. The van der Waals surface area contributed by atoms with Crippen LogP contribution in [0.3, 0.4) is 0 Å². The quantitative estimate of drug-likeness (QED) is 0.420. The van der Waals surface area contributed by atoms with Gasteiger partial charge in [0.2, 0.25) is 11.7 Å². The Morgan fingerprint density at radius 1 is 1.09 bits per heavy atom. The van der Waals surface area contributed by atoms with Gasteiger partial charge in [0.1, 0.15) is 0 Å². The van der Waals surface area contributed by atoms with Crippen molar-refractivity contribution < 1.29 is 9.32 Å². The SMILES string of the molecule is CC(C)Cn1nc(C(=O)N2CCN(Cc3nc(-c4cccs4)no3)CC2)c2ccccc2c1=O. The van der Waals surface area contributed by atoms with Gasteiger partial charge in [0, 0.05) is 38.1 Å². The van der Waals surface area contributed by atoms with Gasteiger partial charge in [-0.2, -0.15) is 10.1 Å². The smallest absolute Gasteiger partial charge is 0.275 e. The summed E-state index contributed by atoms with van der Waals surface area (Å²) in [5, 5.41) is 11.7. The van der Waals surface area contributed by atoms with E-state index in [-0.39, 0.29) is 17.4 Å². The van der Waals surface area contributed by atoms with E-state index in [0.29, 0.717) is 67.5 Å². The second-order valence-electron chi connectivity index (χ2n) is 8.83. The molecule has 4 heterocycles. The van der Waals surface area contributed by atoms with Gasteiger partial charge in [-0.25, -0.2) is 4.68 Å². The number of piperazine rings is 1. The first-order valence-corrected chi connectivity index (χ1v) is 12.3. The van der Waals surface area contributed by atoms with E-state index in [1.807, 2.05) is 43.5 Å². The molecule has 0 bridgehead atoms. The van der Waals surface area contributed by atoms with Crippen LogP contribution in [0.15, 0.2) is 51.1 Å². The number of carbonyl (C=O) groups excluding carboxylic acids is 1. The highest BCUT2D eigenvalue weighted by Crippen LogP contribution is 2.22. The average Bonchev–Trinajstić information content (AvgIpc) is 3.53. The molecule has 0 atom stereocenters. The van der Waals surface area contributed by atoms with Crippen LogP contribution in [0.4, 0.5) is 0 Å². The minimum absolute atomic E-state index is 0.147. The van der Waals surface area contributed by atoms with Crippen molar-refractivity contribution in [3.8, 4) is 10.7 Å². The zero-order chi connectivity index (χ0) is 23.7. The lowest BCUT2D eigenvalue weighted by Gasteiger charge is -2.33. The standard InChI is InChI=1S/C24H26N6O3S/c1-16(2)14-30-23(31)18-7-4-3-6-17(18)21(26-30)24(32)29-11-9-28(10-12-29)15-20-25-22(27-33-20)19-8-5-13-34-19/h3-8,13,16H,9-12,14-15H2,1-2H3. The van der Waals surface area contributed by atoms with Crippen molar-refractivity contribution in [2.24, 2.45) is 5.92 Å². The van der Waals surface area contributed by atoms with Crippen molar-refractivity contribution in [2.45, 2.75) is 26.9 Å². The number of thiophene rings is 1. The van der Waals surface area contributed by atoms with Crippen LogP contribution in [0.25, 0.3) is 21.5 Å². The van der Waals surface area contributed by atoms with Gasteiger partial charge < -0.3 is 9.42 Å². The van der Waals surface area contributed by atoms with E-state index in [4.69, 9.17) is 4.52 Å². The summed E-state index contributed by atoms with van der Waals surface area (Å²) in [4.78, 5) is 35.8. The second-order valence-corrected chi connectivity index (χ2v) is 9.78. The summed E-state index contributed by atoms with van der Waals surface area (Å²) in [5.74, 6) is 1.26. The molecule has 1 aliphatic heterocycles. The third-order valence-electron chi connectivity index (χ3n) is 5.84. The minimum Gasteiger partial charge on any atom is -0.338 e. The number of fused-ring (bicyclic) bond motifs is 1. The number of amides is 1. The summed E-state index contributed by atoms with van der Waals surface area (Å²) < 4.78 is 6.85. The predicted molar refractivity (Wildman–Crippen MR) is 130 cm³/mol. The molecule has 1 amide bonds. The molecule has 0 N–H and O–H groups in total. The molecular formula is C24H26N6O3S. The van der Waals surface area contributed by atoms with Crippen molar-refractivity contribution in [3.63, 3.8) is 0 Å². The lowest BCUT2D eigenvalue weighted by molar-refractivity contribution is 0.0608. The van der Waals surface area contributed by atoms with Crippen LogP contribution in [0.5, 0.6) is 0 Å². The molecule has 10 heteroatoms. The highest BCUT2D eigenvalue weighted by Gasteiger charge is 2.27. The maximum atomic E-state index is 13.5. The highest BCUT2D eigenvalue weighted by atomic mass is 32.1. The number of benzene rings is 1. The van der Waals surface area contributed by atoms with Crippen LogP contribution in [-0.4, -0.2) is 61.8 Å². The fourth-order valence-electron chi connectivity index (χ4n) is 4.14. The summed E-state index contributed by atoms with van der Waals surface area (Å²) in [6.07, 6.45) is 0. The van der Waals surface area contributed by atoms with Crippen molar-refractivity contribution in [3.05, 3.63) is 63.7 Å². The second kappa shape index (κ2) is 9.47. The summed E-state index contributed by atoms with van der Waals surface area (Å²) in [6.45, 7) is 7.55. The highest BCUT2D eigenvalue weighted by molar-refractivity contribution is 7.13. The van der Waals surface area contributed by atoms with E-state index in [1.54, 1.807) is 28.4 Å². The maximum absolute atomic E-state index is 13.5. The lowest BCUT2D eigenvalue weighted by atomic mass is 10.1. The van der Waals surface area contributed by atoms with Gasteiger partial charge in [0.05, 0.1) is 16.8 Å². The first-order chi connectivity index (χ1) is 16.5. The van der Waals surface area contributed by atoms with E-state index >= 15 is 0 Å². The number of aromatic nitrogens is 4. The van der Waals surface area contributed by atoms with Gasteiger partial charge in [0.15, 0.2) is 5.69 Å². The normalized spacial score (nSPS) is 14.9. The molecule has 5 rings (SSSR count).